The third-order valence-electron chi connectivity index (χ3n) is 5.34. The van der Waals surface area contributed by atoms with E-state index in [1.165, 1.54) is 32.1 Å². The number of fused-ring (bicyclic) bond motifs is 1. The standard InChI is InChI=1S/C23H23ClO3/c24-19-11-9-16(10-12-19)13-18-15-27-21-8-4-7-20(22(21)23(18)25)26-14-17-5-2-1-3-6-17/h4,7-12,15,17H,1-3,5-6,13-14H2. The molecule has 3 aromatic rings. The van der Waals surface area contributed by atoms with Gasteiger partial charge in [0.25, 0.3) is 0 Å². The predicted molar refractivity (Wildman–Crippen MR) is 109 cm³/mol. The Morgan fingerprint density at radius 2 is 1.81 bits per heavy atom. The van der Waals surface area contributed by atoms with Crippen LogP contribution < -0.4 is 10.2 Å². The number of halogens is 1. The fourth-order valence-corrected chi connectivity index (χ4v) is 3.93. The molecule has 1 fully saturated rings. The highest BCUT2D eigenvalue weighted by Crippen LogP contribution is 2.28. The van der Waals surface area contributed by atoms with E-state index < -0.39 is 0 Å². The molecule has 27 heavy (non-hydrogen) atoms. The van der Waals surface area contributed by atoms with Crippen molar-refractivity contribution in [3.8, 4) is 5.75 Å². The second-order valence-electron chi connectivity index (χ2n) is 7.34. The van der Waals surface area contributed by atoms with Gasteiger partial charge in [0.1, 0.15) is 16.7 Å². The molecule has 1 aliphatic rings. The lowest BCUT2D eigenvalue weighted by Gasteiger charge is -2.22. The maximum absolute atomic E-state index is 13.1. The molecule has 4 heteroatoms. The molecule has 1 aliphatic carbocycles. The summed E-state index contributed by atoms with van der Waals surface area (Å²) in [5, 5.41) is 1.22. The molecular formula is C23H23ClO3. The Morgan fingerprint density at radius 1 is 1.04 bits per heavy atom. The van der Waals surface area contributed by atoms with Crippen molar-refractivity contribution in [2.45, 2.75) is 38.5 Å². The van der Waals surface area contributed by atoms with Gasteiger partial charge in [-0.25, -0.2) is 0 Å². The molecular weight excluding hydrogens is 360 g/mol. The van der Waals surface area contributed by atoms with E-state index in [1.54, 1.807) is 6.26 Å². The van der Waals surface area contributed by atoms with E-state index in [0.717, 1.165) is 5.56 Å². The van der Waals surface area contributed by atoms with Crippen LogP contribution in [0.3, 0.4) is 0 Å². The van der Waals surface area contributed by atoms with E-state index in [-0.39, 0.29) is 5.43 Å². The fourth-order valence-electron chi connectivity index (χ4n) is 3.81. The first kappa shape index (κ1) is 18.1. The fraction of sp³-hybridized carbons (Fsp3) is 0.348. The van der Waals surface area contributed by atoms with Gasteiger partial charge in [0.2, 0.25) is 0 Å². The first-order chi connectivity index (χ1) is 13.2. The third kappa shape index (κ3) is 4.19. The van der Waals surface area contributed by atoms with Crippen molar-refractivity contribution in [2.24, 2.45) is 5.92 Å². The van der Waals surface area contributed by atoms with Gasteiger partial charge in [-0.2, -0.15) is 0 Å². The Labute approximate surface area is 163 Å². The first-order valence-corrected chi connectivity index (χ1v) is 9.99. The van der Waals surface area contributed by atoms with Crippen molar-refractivity contribution in [1.29, 1.82) is 0 Å². The molecule has 0 unspecified atom stereocenters. The summed E-state index contributed by atoms with van der Waals surface area (Å²) in [6.07, 6.45) is 8.36. The molecule has 1 aromatic heterocycles. The van der Waals surface area contributed by atoms with Crippen molar-refractivity contribution in [1.82, 2.24) is 0 Å². The van der Waals surface area contributed by atoms with Gasteiger partial charge in [-0.15, -0.1) is 0 Å². The molecule has 0 amide bonds. The Bertz CT molecular complexity index is 969. The van der Waals surface area contributed by atoms with Crippen LogP contribution in [0.25, 0.3) is 11.0 Å². The van der Waals surface area contributed by atoms with Crippen molar-refractivity contribution in [2.75, 3.05) is 6.61 Å². The predicted octanol–water partition coefficient (Wildman–Crippen LogP) is 6.00. The molecule has 1 heterocycles. The minimum Gasteiger partial charge on any atom is -0.492 e. The summed E-state index contributed by atoms with van der Waals surface area (Å²) in [6, 6.07) is 13.1. The number of rotatable bonds is 5. The summed E-state index contributed by atoms with van der Waals surface area (Å²) in [7, 11) is 0. The quantitative estimate of drug-likeness (QED) is 0.543. The molecule has 1 saturated carbocycles. The topological polar surface area (TPSA) is 39.4 Å². The highest BCUT2D eigenvalue weighted by molar-refractivity contribution is 6.30. The average Bonchev–Trinajstić information content (AvgIpc) is 2.71. The molecule has 0 bridgehead atoms. The normalized spacial score (nSPS) is 15.1. The van der Waals surface area contributed by atoms with Crippen LogP contribution >= 0.6 is 11.6 Å². The van der Waals surface area contributed by atoms with Crippen LogP contribution in [0, 0.1) is 5.92 Å². The van der Waals surface area contributed by atoms with E-state index in [4.69, 9.17) is 20.8 Å². The van der Waals surface area contributed by atoms with E-state index >= 15 is 0 Å². The van der Waals surface area contributed by atoms with Gasteiger partial charge in [0, 0.05) is 17.0 Å². The number of ether oxygens (including phenoxy) is 1. The molecule has 0 radical (unpaired) electrons. The van der Waals surface area contributed by atoms with E-state index in [0.29, 0.717) is 46.3 Å². The van der Waals surface area contributed by atoms with Crippen LogP contribution in [0.2, 0.25) is 5.02 Å². The smallest absolute Gasteiger partial charge is 0.199 e. The van der Waals surface area contributed by atoms with Crippen molar-refractivity contribution < 1.29 is 9.15 Å². The second kappa shape index (κ2) is 8.18. The Hall–Kier alpha value is -2.26. The van der Waals surface area contributed by atoms with Gasteiger partial charge in [-0.3, -0.25) is 4.79 Å². The summed E-state index contributed by atoms with van der Waals surface area (Å²) in [6.45, 7) is 0.667. The van der Waals surface area contributed by atoms with Gasteiger partial charge in [0.15, 0.2) is 5.43 Å². The average molecular weight is 383 g/mol. The molecule has 4 rings (SSSR count). The molecule has 0 spiro atoms. The van der Waals surface area contributed by atoms with Crippen LogP contribution in [-0.2, 0) is 6.42 Å². The minimum absolute atomic E-state index is 0.0227. The van der Waals surface area contributed by atoms with Gasteiger partial charge in [-0.05, 0) is 48.6 Å². The third-order valence-corrected chi connectivity index (χ3v) is 5.59. The summed E-state index contributed by atoms with van der Waals surface area (Å²) in [5.74, 6) is 1.21. The molecule has 0 aliphatic heterocycles. The van der Waals surface area contributed by atoms with Crippen LogP contribution in [0.15, 0.2) is 57.9 Å². The van der Waals surface area contributed by atoms with E-state index in [9.17, 15) is 4.79 Å². The maximum Gasteiger partial charge on any atom is 0.199 e. The summed E-state index contributed by atoms with van der Waals surface area (Å²) in [4.78, 5) is 13.1. The summed E-state index contributed by atoms with van der Waals surface area (Å²) in [5.41, 5.74) is 2.19. The van der Waals surface area contributed by atoms with Gasteiger partial charge in [-0.1, -0.05) is 49.1 Å². The molecule has 0 saturated heterocycles. The van der Waals surface area contributed by atoms with Crippen LogP contribution in [0.1, 0.15) is 43.2 Å². The highest BCUT2D eigenvalue weighted by Gasteiger charge is 2.17. The van der Waals surface area contributed by atoms with Gasteiger partial charge < -0.3 is 9.15 Å². The zero-order valence-electron chi connectivity index (χ0n) is 15.2. The van der Waals surface area contributed by atoms with Gasteiger partial charge >= 0.3 is 0 Å². The van der Waals surface area contributed by atoms with Crippen molar-refractivity contribution in [3.05, 3.63) is 75.1 Å². The Balaban J connectivity index is 1.62. The van der Waals surface area contributed by atoms with Crippen LogP contribution in [-0.4, -0.2) is 6.61 Å². The molecule has 140 valence electrons. The highest BCUT2D eigenvalue weighted by atomic mass is 35.5. The summed E-state index contributed by atoms with van der Waals surface area (Å²) >= 11 is 5.95. The largest absolute Gasteiger partial charge is 0.492 e. The van der Waals surface area contributed by atoms with Crippen molar-refractivity contribution in [3.63, 3.8) is 0 Å². The van der Waals surface area contributed by atoms with Crippen LogP contribution in [0.4, 0.5) is 0 Å². The lowest BCUT2D eigenvalue weighted by Crippen LogP contribution is -2.16. The molecule has 0 N–H and O–H groups in total. The number of benzene rings is 2. The summed E-state index contributed by atoms with van der Waals surface area (Å²) < 4.78 is 11.8. The monoisotopic (exact) mass is 382 g/mol. The Morgan fingerprint density at radius 3 is 2.59 bits per heavy atom. The molecule has 0 atom stereocenters. The number of hydrogen-bond donors (Lipinski definition) is 0. The van der Waals surface area contributed by atoms with E-state index in [2.05, 4.69) is 0 Å². The van der Waals surface area contributed by atoms with Crippen molar-refractivity contribution >= 4 is 22.6 Å². The maximum atomic E-state index is 13.1. The zero-order chi connectivity index (χ0) is 18.6. The Kier molecular flexibility index (Phi) is 5.49. The zero-order valence-corrected chi connectivity index (χ0v) is 16.0. The molecule has 2 aromatic carbocycles. The van der Waals surface area contributed by atoms with Crippen LogP contribution in [0.5, 0.6) is 5.75 Å². The lowest BCUT2D eigenvalue weighted by atomic mass is 9.90. The first-order valence-electron chi connectivity index (χ1n) is 9.61. The SMILES string of the molecule is O=c1c(Cc2ccc(Cl)cc2)coc2cccc(OCC3CCCCC3)c12. The lowest BCUT2D eigenvalue weighted by molar-refractivity contribution is 0.210. The minimum atomic E-state index is -0.0227. The second-order valence-corrected chi connectivity index (χ2v) is 7.77. The molecule has 3 nitrogen and oxygen atoms in total. The van der Waals surface area contributed by atoms with Gasteiger partial charge in [0.05, 0.1) is 12.9 Å². The van der Waals surface area contributed by atoms with E-state index in [1.807, 2.05) is 42.5 Å². The number of hydrogen-bond acceptors (Lipinski definition) is 3.